The van der Waals surface area contributed by atoms with Gasteiger partial charge in [0.25, 0.3) is 0 Å². The lowest BCUT2D eigenvalue weighted by Gasteiger charge is -2.40. The van der Waals surface area contributed by atoms with Gasteiger partial charge in [0.1, 0.15) is 12.2 Å². The molecular formula is C12H20N4O2. The molecular weight excluding hydrogens is 232 g/mol. The molecule has 1 saturated heterocycles. The second-order valence-corrected chi connectivity index (χ2v) is 5.47. The van der Waals surface area contributed by atoms with Gasteiger partial charge in [-0.25, -0.2) is 0 Å². The summed E-state index contributed by atoms with van der Waals surface area (Å²) in [5.74, 6) is 1.02. The highest BCUT2D eigenvalue weighted by Crippen LogP contribution is 2.30. The number of hydrogen-bond acceptors (Lipinski definition) is 5. The zero-order valence-corrected chi connectivity index (χ0v) is 10.6. The Morgan fingerprint density at radius 2 is 2.39 bits per heavy atom. The highest BCUT2D eigenvalue weighted by atomic mass is 16.5. The lowest BCUT2D eigenvalue weighted by Crippen LogP contribution is -2.47. The standard InChI is InChI=1S/C12H20N4O2/c17-8-12(2-1-5-18-9-12)7-15-3-4-16-10-13-14-11(16)6-15/h10,17H,1-9H2. The predicted molar refractivity (Wildman–Crippen MR) is 64.9 cm³/mol. The van der Waals surface area contributed by atoms with Gasteiger partial charge in [-0.2, -0.15) is 0 Å². The van der Waals surface area contributed by atoms with Crippen LogP contribution in [0.5, 0.6) is 0 Å². The van der Waals surface area contributed by atoms with E-state index in [0.717, 1.165) is 51.5 Å². The van der Waals surface area contributed by atoms with Gasteiger partial charge >= 0.3 is 0 Å². The molecule has 0 aliphatic carbocycles. The van der Waals surface area contributed by atoms with Crippen molar-refractivity contribution in [1.82, 2.24) is 19.7 Å². The number of ether oxygens (including phenoxy) is 1. The molecule has 3 rings (SSSR count). The van der Waals surface area contributed by atoms with Crippen molar-refractivity contribution < 1.29 is 9.84 Å². The Balaban J connectivity index is 1.66. The summed E-state index contributed by atoms with van der Waals surface area (Å²) in [4.78, 5) is 2.36. The summed E-state index contributed by atoms with van der Waals surface area (Å²) in [6.45, 7) is 5.34. The Hall–Kier alpha value is -0.980. The van der Waals surface area contributed by atoms with Crippen molar-refractivity contribution in [3.63, 3.8) is 0 Å². The number of rotatable bonds is 3. The van der Waals surface area contributed by atoms with Crippen LogP contribution < -0.4 is 0 Å². The van der Waals surface area contributed by atoms with E-state index < -0.39 is 0 Å². The molecule has 6 heteroatoms. The number of nitrogens with zero attached hydrogens (tertiary/aromatic N) is 4. The second-order valence-electron chi connectivity index (χ2n) is 5.47. The number of fused-ring (bicyclic) bond motifs is 1. The second kappa shape index (κ2) is 4.95. The minimum atomic E-state index is -0.0829. The zero-order chi connectivity index (χ0) is 12.4. The van der Waals surface area contributed by atoms with Crippen LogP contribution in [-0.2, 0) is 17.8 Å². The average molecular weight is 252 g/mol. The van der Waals surface area contributed by atoms with E-state index in [-0.39, 0.29) is 12.0 Å². The molecule has 1 N–H and O–H groups in total. The molecule has 18 heavy (non-hydrogen) atoms. The monoisotopic (exact) mass is 252 g/mol. The summed E-state index contributed by atoms with van der Waals surface area (Å²) >= 11 is 0. The molecule has 1 unspecified atom stereocenters. The maximum Gasteiger partial charge on any atom is 0.147 e. The molecule has 1 fully saturated rings. The van der Waals surface area contributed by atoms with E-state index in [1.165, 1.54) is 0 Å². The molecule has 2 aliphatic rings. The number of aromatic nitrogens is 3. The average Bonchev–Trinajstić information content (AvgIpc) is 2.87. The van der Waals surface area contributed by atoms with E-state index in [4.69, 9.17) is 4.74 Å². The molecule has 1 aromatic rings. The zero-order valence-electron chi connectivity index (χ0n) is 10.6. The Morgan fingerprint density at radius 1 is 1.44 bits per heavy atom. The lowest BCUT2D eigenvalue weighted by atomic mass is 9.82. The van der Waals surface area contributed by atoms with Crippen LogP contribution in [0.4, 0.5) is 0 Å². The first-order valence-electron chi connectivity index (χ1n) is 6.59. The minimum absolute atomic E-state index is 0.0829. The van der Waals surface area contributed by atoms with Crippen LogP contribution in [0.15, 0.2) is 6.33 Å². The summed E-state index contributed by atoms with van der Waals surface area (Å²) in [7, 11) is 0. The van der Waals surface area contributed by atoms with Gasteiger partial charge < -0.3 is 14.4 Å². The van der Waals surface area contributed by atoms with Crippen LogP contribution >= 0.6 is 0 Å². The van der Waals surface area contributed by atoms with Crippen molar-refractivity contribution in [2.75, 3.05) is 32.9 Å². The number of aliphatic hydroxyl groups is 1. The predicted octanol–water partition coefficient (Wildman–Crippen LogP) is -0.117. The highest BCUT2D eigenvalue weighted by molar-refractivity contribution is 4.93. The molecule has 0 bridgehead atoms. The Labute approximate surface area is 107 Å². The minimum Gasteiger partial charge on any atom is -0.396 e. The summed E-state index contributed by atoms with van der Waals surface area (Å²) in [6.07, 6.45) is 3.88. The number of hydrogen-bond donors (Lipinski definition) is 1. The maximum atomic E-state index is 9.69. The van der Waals surface area contributed by atoms with E-state index in [2.05, 4.69) is 19.7 Å². The Bertz CT molecular complexity index is 401. The Kier molecular flexibility index (Phi) is 3.32. The molecule has 0 amide bonds. The quantitative estimate of drug-likeness (QED) is 0.813. The van der Waals surface area contributed by atoms with Crippen molar-refractivity contribution in [3.8, 4) is 0 Å². The smallest absolute Gasteiger partial charge is 0.147 e. The van der Waals surface area contributed by atoms with Gasteiger partial charge in [-0.1, -0.05) is 0 Å². The van der Waals surface area contributed by atoms with Gasteiger partial charge in [-0.05, 0) is 12.8 Å². The van der Waals surface area contributed by atoms with Gasteiger partial charge in [-0.15, -0.1) is 10.2 Å². The summed E-state index contributed by atoms with van der Waals surface area (Å²) < 4.78 is 7.65. The third-order valence-corrected chi connectivity index (χ3v) is 4.02. The SMILES string of the molecule is OCC1(CN2CCn3cnnc3C2)CCCOC1. The van der Waals surface area contributed by atoms with Crippen molar-refractivity contribution >= 4 is 0 Å². The topological polar surface area (TPSA) is 63.4 Å². The fourth-order valence-corrected chi connectivity index (χ4v) is 2.94. The molecule has 1 atom stereocenters. The van der Waals surface area contributed by atoms with Crippen molar-refractivity contribution in [1.29, 1.82) is 0 Å². The van der Waals surface area contributed by atoms with Crippen LogP contribution in [0.1, 0.15) is 18.7 Å². The van der Waals surface area contributed by atoms with Crippen LogP contribution in [0, 0.1) is 5.41 Å². The lowest BCUT2D eigenvalue weighted by molar-refractivity contribution is -0.0587. The first-order chi connectivity index (χ1) is 8.81. The van der Waals surface area contributed by atoms with E-state index in [0.29, 0.717) is 6.61 Å². The molecule has 0 saturated carbocycles. The summed E-state index contributed by atoms with van der Waals surface area (Å²) in [6, 6.07) is 0. The third-order valence-electron chi connectivity index (χ3n) is 4.02. The van der Waals surface area contributed by atoms with E-state index >= 15 is 0 Å². The Morgan fingerprint density at radius 3 is 3.17 bits per heavy atom. The molecule has 0 aromatic carbocycles. The van der Waals surface area contributed by atoms with E-state index in [1.54, 1.807) is 6.33 Å². The normalized spacial score (nSPS) is 29.2. The van der Waals surface area contributed by atoms with Gasteiger partial charge in [-0.3, -0.25) is 4.90 Å². The van der Waals surface area contributed by atoms with Crippen LogP contribution in [0.3, 0.4) is 0 Å². The molecule has 100 valence electrons. The van der Waals surface area contributed by atoms with Gasteiger partial charge in [0.2, 0.25) is 0 Å². The van der Waals surface area contributed by atoms with E-state index in [1.807, 2.05) is 0 Å². The van der Waals surface area contributed by atoms with Crippen molar-refractivity contribution in [2.24, 2.45) is 5.41 Å². The summed E-state index contributed by atoms with van der Waals surface area (Å²) in [5.41, 5.74) is -0.0829. The first-order valence-corrected chi connectivity index (χ1v) is 6.59. The fourth-order valence-electron chi connectivity index (χ4n) is 2.94. The largest absolute Gasteiger partial charge is 0.396 e. The fraction of sp³-hybridized carbons (Fsp3) is 0.833. The van der Waals surface area contributed by atoms with Gasteiger partial charge in [0.15, 0.2) is 0 Å². The molecule has 6 nitrogen and oxygen atoms in total. The summed E-state index contributed by atoms with van der Waals surface area (Å²) in [5, 5.41) is 17.7. The van der Waals surface area contributed by atoms with Gasteiger partial charge in [0.05, 0.1) is 19.8 Å². The van der Waals surface area contributed by atoms with E-state index in [9.17, 15) is 5.11 Å². The molecule has 2 aliphatic heterocycles. The maximum absolute atomic E-state index is 9.69. The van der Waals surface area contributed by atoms with Crippen LogP contribution in [-0.4, -0.2) is 57.7 Å². The third kappa shape index (κ3) is 2.28. The van der Waals surface area contributed by atoms with Crippen LogP contribution in [0.25, 0.3) is 0 Å². The van der Waals surface area contributed by atoms with Crippen LogP contribution in [0.2, 0.25) is 0 Å². The molecule has 0 radical (unpaired) electrons. The van der Waals surface area contributed by atoms with Gasteiger partial charge in [0, 0.05) is 31.7 Å². The molecule has 0 spiro atoms. The highest BCUT2D eigenvalue weighted by Gasteiger charge is 2.35. The number of aliphatic hydroxyl groups excluding tert-OH is 1. The van der Waals surface area contributed by atoms with Crippen molar-refractivity contribution in [3.05, 3.63) is 12.2 Å². The molecule has 3 heterocycles. The first kappa shape index (κ1) is 12.1. The molecule has 1 aromatic heterocycles. The van der Waals surface area contributed by atoms with Crippen molar-refractivity contribution in [2.45, 2.75) is 25.9 Å².